The standard InChI is InChI=1S/C53H79N11O17/c1-27(2)22-38(50(77)60-37(53(80)81)18-20-43(68)69)63-51(78)39(23-28(3)4)62-47(74)35(8-6-7-21-54)59-48(75)36(17-19-42(56)67)58-45(72)29(5)57-49(76)41(26-44(70)71)64-52(79)40(25-31-11-15-33(66)16-12-31)61-46(73)34(55)24-30-9-13-32(65)14-10-30/h9-16,27-29,34-41,65-66H,6-8,17-26,54-55H2,1-5H3,(H2,56,67)(H,57,76)(H,58,72)(H,59,75)(H,60,77)(H,61,73)(H,62,74)(H,63,78)(H,64,79)(H,68,69)(H,70,71)(H,80,81)/t29-,34-,35-,36-,37-,38-,39-,40-,41-/m0/s1. The number of hydrogen-bond acceptors (Lipinski definition) is 16. The largest absolute Gasteiger partial charge is 0.508 e. The van der Waals surface area contributed by atoms with Crippen LogP contribution in [0.15, 0.2) is 48.5 Å². The number of rotatable bonds is 37. The summed E-state index contributed by atoms with van der Waals surface area (Å²) in [5, 5.41) is 67.4. The maximum Gasteiger partial charge on any atom is 0.326 e. The molecule has 2 aromatic rings. The number of carboxylic acids is 3. The molecule has 0 aliphatic rings. The molecule has 2 rings (SSSR count). The molecule has 0 aromatic heterocycles. The van der Waals surface area contributed by atoms with E-state index in [0.717, 1.165) is 6.92 Å². The van der Waals surface area contributed by atoms with Crippen LogP contribution >= 0.6 is 0 Å². The van der Waals surface area contributed by atoms with E-state index >= 15 is 0 Å². The van der Waals surface area contributed by atoms with E-state index in [1.54, 1.807) is 27.7 Å². The van der Waals surface area contributed by atoms with Crippen LogP contribution in [0.2, 0.25) is 0 Å². The molecule has 9 atom stereocenters. The SMILES string of the molecule is CC(C)C[C@H](NC(=O)[C@H](CC(C)C)NC(=O)[C@H](CCCCN)NC(=O)[C@H](CCC(N)=O)NC(=O)[C@H](C)NC(=O)[C@H](CC(=O)O)NC(=O)[C@H](Cc1ccc(O)cc1)NC(=O)[C@@H](N)Cc1ccc(O)cc1)C(=O)N[C@@H](CCC(=O)O)C(=O)O. The number of nitrogens with one attached hydrogen (secondary N) is 8. The lowest BCUT2D eigenvalue weighted by molar-refractivity contribution is -0.144. The molecule has 0 heterocycles. The van der Waals surface area contributed by atoms with E-state index in [1.807, 2.05) is 0 Å². The van der Waals surface area contributed by atoms with Gasteiger partial charge in [0, 0.05) is 19.3 Å². The molecule has 0 unspecified atom stereocenters. The zero-order valence-corrected chi connectivity index (χ0v) is 46.0. The van der Waals surface area contributed by atoms with Gasteiger partial charge < -0.3 is 85.3 Å². The number of primary amides is 1. The Morgan fingerprint density at radius 1 is 0.444 bits per heavy atom. The molecular formula is C53H79N11O17. The number of amides is 9. The quantitative estimate of drug-likeness (QED) is 0.0326. The Morgan fingerprint density at radius 3 is 1.30 bits per heavy atom. The number of hydrogen-bond donors (Lipinski definition) is 16. The lowest BCUT2D eigenvalue weighted by Gasteiger charge is -2.28. The van der Waals surface area contributed by atoms with E-state index < -0.39 is 158 Å². The highest BCUT2D eigenvalue weighted by atomic mass is 16.4. The fourth-order valence-corrected chi connectivity index (χ4v) is 8.00. The van der Waals surface area contributed by atoms with Crippen molar-refractivity contribution in [1.82, 2.24) is 42.5 Å². The minimum Gasteiger partial charge on any atom is -0.508 e. The van der Waals surface area contributed by atoms with Crippen molar-refractivity contribution in [3.05, 3.63) is 59.7 Å². The predicted octanol–water partition coefficient (Wildman–Crippen LogP) is -1.98. The second kappa shape index (κ2) is 34.6. The summed E-state index contributed by atoms with van der Waals surface area (Å²) < 4.78 is 0. The zero-order valence-electron chi connectivity index (χ0n) is 46.0. The van der Waals surface area contributed by atoms with Crippen LogP contribution in [0, 0.1) is 11.8 Å². The van der Waals surface area contributed by atoms with Crippen LogP contribution in [0.1, 0.15) is 110 Å². The van der Waals surface area contributed by atoms with Crippen LogP contribution < -0.4 is 59.7 Å². The minimum absolute atomic E-state index is 0.00000104. The van der Waals surface area contributed by atoms with Crippen molar-refractivity contribution in [3.63, 3.8) is 0 Å². The van der Waals surface area contributed by atoms with Gasteiger partial charge in [0.2, 0.25) is 53.2 Å². The molecule has 28 heteroatoms. The molecule has 81 heavy (non-hydrogen) atoms. The number of phenolic OH excluding ortho intramolecular Hbond substituents is 2. The van der Waals surface area contributed by atoms with E-state index in [2.05, 4.69) is 42.5 Å². The summed E-state index contributed by atoms with van der Waals surface area (Å²) >= 11 is 0. The van der Waals surface area contributed by atoms with E-state index in [0.29, 0.717) is 17.5 Å². The predicted molar refractivity (Wildman–Crippen MR) is 290 cm³/mol. The van der Waals surface area contributed by atoms with Crippen molar-refractivity contribution < 1.29 is 83.1 Å². The van der Waals surface area contributed by atoms with Crippen LogP contribution in [0.5, 0.6) is 11.5 Å². The molecule has 19 N–H and O–H groups in total. The number of nitrogens with two attached hydrogens (primary N) is 3. The lowest BCUT2D eigenvalue weighted by Crippen LogP contribution is -2.60. The molecule has 0 aliphatic carbocycles. The van der Waals surface area contributed by atoms with Crippen LogP contribution in [0.3, 0.4) is 0 Å². The summed E-state index contributed by atoms with van der Waals surface area (Å²) in [5.41, 5.74) is 18.3. The molecule has 0 radical (unpaired) electrons. The molecule has 28 nitrogen and oxygen atoms in total. The number of phenols is 2. The van der Waals surface area contributed by atoms with Gasteiger partial charge in [-0.3, -0.25) is 52.7 Å². The number of unbranched alkanes of at least 4 members (excludes halogenated alkanes) is 1. The molecule has 0 bridgehead atoms. The average Bonchev–Trinajstić information content (AvgIpc) is 3.38. The molecule has 0 saturated carbocycles. The Bertz CT molecular complexity index is 2490. The maximum absolute atomic E-state index is 14.1. The Kier molecular flexibility index (Phi) is 29.3. The minimum atomic E-state index is -1.88. The number of carboxylic acid groups (broad SMARTS) is 3. The second-order valence-corrected chi connectivity index (χ2v) is 20.4. The topological polar surface area (TPSA) is 480 Å². The maximum atomic E-state index is 14.1. The third-order valence-corrected chi connectivity index (χ3v) is 12.3. The van der Waals surface area contributed by atoms with Gasteiger partial charge in [0.05, 0.1) is 12.5 Å². The first-order chi connectivity index (χ1) is 38.0. The Morgan fingerprint density at radius 2 is 0.840 bits per heavy atom. The Labute approximate surface area is 468 Å². The smallest absolute Gasteiger partial charge is 0.326 e. The number of carbonyl (C=O) groups excluding carboxylic acids is 9. The fraction of sp³-hybridized carbons (Fsp3) is 0.547. The molecule has 0 saturated heterocycles. The van der Waals surface area contributed by atoms with Crippen LogP contribution in [0.4, 0.5) is 0 Å². The molecule has 9 amide bonds. The highest BCUT2D eigenvalue weighted by Gasteiger charge is 2.35. The summed E-state index contributed by atoms with van der Waals surface area (Å²) in [5.74, 6) is -13.7. The summed E-state index contributed by atoms with van der Waals surface area (Å²) in [6.07, 6.45) is -2.65. The van der Waals surface area contributed by atoms with E-state index in [-0.39, 0.29) is 68.4 Å². The van der Waals surface area contributed by atoms with Crippen molar-refractivity contribution in [2.75, 3.05) is 6.54 Å². The number of aromatic hydroxyl groups is 2. The van der Waals surface area contributed by atoms with Gasteiger partial charge in [-0.15, -0.1) is 0 Å². The van der Waals surface area contributed by atoms with E-state index in [4.69, 9.17) is 22.3 Å². The van der Waals surface area contributed by atoms with Gasteiger partial charge >= 0.3 is 17.9 Å². The van der Waals surface area contributed by atoms with Crippen molar-refractivity contribution in [3.8, 4) is 11.5 Å². The summed E-state index contributed by atoms with van der Waals surface area (Å²) in [4.78, 5) is 157. The first kappa shape index (κ1) is 68.7. The molecular weight excluding hydrogens is 1060 g/mol. The molecule has 0 fully saturated rings. The van der Waals surface area contributed by atoms with Gasteiger partial charge in [-0.25, -0.2) is 4.79 Å². The third kappa shape index (κ3) is 26.4. The summed E-state index contributed by atoms with van der Waals surface area (Å²) in [6, 6.07) is -2.10. The van der Waals surface area contributed by atoms with Crippen molar-refractivity contribution in [1.29, 1.82) is 0 Å². The first-order valence-electron chi connectivity index (χ1n) is 26.4. The van der Waals surface area contributed by atoms with Crippen LogP contribution in [0.25, 0.3) is 0 Å². The number of carbonyl (C=O) groups is 12. The molecule has 2 aromatic carbocycles. The van der Waals surface area contributed by atoms with E-state index in [1.165, 1.54) is 48.5 Å². The molecule has 448 valence electrons. The van der Waals surface area contributed by atoms with Crippen molar-refractivity contribution in [2.24, 2.45) is 29.0 Å². The average molecular weight is 1140 g/mol. The monoisotopic (exact) mass is 1140 g/mol. The van der Waals surface area contributed by atoms with Crippen LogP contribution in [-0.4, -0.2) is 158 Å². The molecule has 0 aliphatic heterocycles. The number of benzene rings is 2. The van der Waals surface area contributed by atoms with Gasteiger partial charge in [0.25, 0.3) is 0 Å². The van der Waals surface area contributed by atoms with Crippen LogP contribution in [-0.2, 0) is 70.4 Å². The highest BCUT2D eigenvalue weighted by Crippen LogP contribution is 2.16. The Hall–Kier alpha value is -8.40. The van der Waals surface area contributed by atoms with Crippen molar-refractivity contribution >= 4 is 71.1 Å². The van der Waals surface area contributed by atoms with Crippen molar-refractivity contribution in [2.45, 2.75) is 166 Å². The first-order valence-corrected chi connectivity index (χ1v) is 26.4. The number of aliphatic carboxylic acids is 3. The zero-order chi connectivity index (χ0) is 61.1. The van der Waals surface area contributed by atoms with Gasteiger partial charge in [-0.2, -0.15) is 0 Å². The lowest BCUT2D eigenvalue weighted by atomic mass is 9.99. The summed E-state index contributed by atoms with van der Waals surface area (Å²) in [6.45, 7) is 8.28. The van der Waals surface area contributed by atoms with Gasteiger partial charge in [-0.05, 0) is 112 Å². The van der Waals surface area contributed by atoms with E-state index in [9.17, 15) is 78.0 Å². The normalized spacial score (nSPS) is 14.4. The highest BCUT2D eigenvalue weighted by molar-refractivity contribution is 5.99. The molecule has 0 spiro atoms. The second-order valence-electron chi connectivity index (χ2n) is 20.4. The third-order valence-electron chi connectivity index (χ3n) is 12.3. The fourth-order valence-electron chi connectivity index (χ4n) is 8.00. The van der Waals surface area contributed by atoms with Gasteiger partial charge in [0.1, 0.15) is 59.8 Å². The van der Waals surface area contributed by atoms with Gasteiger partial charge in [-0.1, -0.05) is 52.0 Å². The summed E-state index contributed by atoms with van der Waals surface area (Å²) in [7, 11) is 0. The Balaban J connectivity index is 2.36. The van der Waals surface area contributed by atoms with Gasteiger partial charge in [0.15, 0.2) is 0 Å².